The first-order valence-corrected chi connectivity index (χ1v) is 7.28. The van der Waals surface area contributed by atoms with Crippen molar-refractivity contribution in [1.82, 2.24) is 9.71 Å². The van der Waals surface area contributed by atoms with Gasteiger partial charge in [-0.15, -0.1) is 0 Å². The van der Waals surface area contributed by atoms with E-state index in [1.807, 2.05) is 0 Å². The first kappa shape index (κ1) is 14.0. The quantitative estimate of drug-likeness (QED) is 0.614. The Labute approximate surface area is 110 Å². The number of aryl methyl sites for hydroxylation is 1. The molecule has 0 aliphatic heterocycles. The summed E-state index contributed by atoms with van der Waals surface area (Å²) in [5.74, 6) is -1.20. The van der Waals surface area contributed by atoms with Gasteiger partial charge in [0.2, 0.25) is 10.0 Å². The fourth-order valence-electron chi connectivity index (χ4n) is 2.13. The predicted octanol–water partition coefficient (Wildman–Crippen LogP) is 0.133. The predicted molar refractivity (Wildman–Crippen MR) is 66.6 cm³/mol. The van der Waals surface area contributed by atoms with Gasteiger partial charge in [0.25, 0.3) is 0 Å². The molecule has 106 valence electrons. The monoisotopic (exact) mass is 288 g/mol. The third-order valence-electron chi connectivity index (χ3n) is 3.36. The van der Waals surface area contributed by atoms with Crippen molar-refractivity contribution in [2.24, 2.45) is 0 Å². The number of sulfonamides is 1. The van der Waals surface area contributed by atoms with Crippen LogP contribution in [0.5, 0.6) is 0 Å². The summed E-state index contributed by atoms with van der Waals surface area (Å²) < 4.78 is 27.0. The molecule has 0 spiro atoms. The molecule has 1 fully saturated rings. The van der Waals surface area contributed by atoms with E-state index in [1.54, 1.807) is 0 Å². The molecule has 19 heavy (non-hydrogen) atoms. The van der Waals surface area contributed by atoms with E-state index >= 15 is 0 Å². The lowest BCUT2D eigenvalue weighted by molar-refractivity contribution is 0.0690. The third-order valence-corrected chi connectivity index (χ3v) is 5.21. The molecule has 8 heteroatoms. The summed E-state index contributed by atoms with van der Waals surface area (Å²) >= 11 is 0. The molecule has 1 heterocycles. The number of carboxylic acid groups (broad SMARTS) is 1. The van der Waals surface area contributed by atoms with Crippen molar-refractivity contribution in [1.29, 1.82) is 0 Å². The van der Waals surface area contributed by atoms with Crippen LogP contribution in [0.25, 0.3) is 0 Å². The van der Waals surface area contributed by atoms with Crippen LogP contribution in [0.1, 0.15) is 34.6 Å². The molecular formula is C11H16N2O5S. The molecule has 0 atom stereocenters. The number of H-pyrrole nitrogens is 1. The van der Waals surface area contributed by atoms with Crippen LogP contribution >= 0.6 is 0 Å². The number of hydrogen-bond acceptors (Lipinski definition) is 4. The molecule has 1 saturated carbocycles. The molecule has 0 saturated heterocycles. The Kier molecular flexibility index (Phi) is 3.20. The summed E-state index contributed by atoms with van der Waals surface area (Å²) in [6, 6.07) is 0. The molecular weight excluding hydrogens is 272 g/mol. The minimum absolute atomic E-state index is 0.0513. The number of rotatable bonds is 5. The number of aromatic amines is 1. The Morgan fingerprint density at radius 2 is 2.00 bits per heavy atom. The van der Waals surface area contributed by atoms with E-state index in [-0.39, 0.29) is 28.5 Å². The first-order valence-electron chi connectivity index (χ1n) is 5.80. The minimum Gasteiger partial charge on any atom is -0.477 e. The van der Waals surface area contributed by atoms with Crippen molar-refractivity contribution in [3.63, 3.8) is 0 Å². The molecule has 0 aromatic carbocycles. The van der Waals surface area contributed by atoms with Gasteiger partial charge in [-0.2, -0.15) is 0 Å². The maximum absolute atomic E-state index is 12.3. The van der Waals surface area contributed by atoms with Gasteiger partial charge < -0.3 is 15.2 Å². The van der Waals surface area contributed by atoms with E-state index in [4.69, 9.17) is 10.2 Å². The molecule has 2 rings (SSSR count). The van der Waals surface area contributed by atoms with Crippen LogP contribution in [0.4, 0.5) is 0 Å². The van der Waals surface area contributed by atoms with Gasteiger partial charge >= 0.3 is 5.97 Å². The number of carboxylic acids is 1. The molecule has 0 unspecified atom stereocenters. The van der Waals surface area contributed by atoms with Crippen LogP contribution in [0, 0.1) is 13.8 Å². The van der Waals surface area contributed by atoms with Crippen molar-refractivity contribution >= 4 is 16.0 Å². The highest BCUT2D eigenvalue weighted by Crippen LogP contribution is 2.37. The highest BCUT2D eigenvalue weighted by atomic mass is 32.2. The molecule has 1 aromatic rings. The van der Waals surface area contributed by atoms with Gasteiger partial charge in [-0.3, -0.25) is 0 Å². The zero-order valence-electron chi connectivity index (χ0n) is 10.6. The largest absolute Gasteiger partial charge is 0.477 e. The Bertz CT molecular complexity index is 628. The highest BCUT2D eigenvalue weighted by molar-refractivity contribution is 7.89. The van der Waals surface area contributed by atoms with E-state index < -0.39 is 21.5 Å². The van der Waals surface area contributed by atoms with Crippen LogP contribution in [-0.2, 0) is 10.0 Å². The van der Waals surface area contributed by atoms with Crippen molar-refractivity contribution in [2.45, 2.75) is 37.1 Å². The van der Waals surface area contributed by atoms with Gasteiger partial charge in [-0.05, 0) is 26.7 Å². The van der Waals surface area contributed by atoms with Crippen LogP contribution in [0.3, 0.4) is 0 Å². The fourth-order valence-corrected chi connectivity index (χ4v) is 4.03. The normalized spacial score (nSPS) is 17.4. The van der Waals surface area contributed by atoms with Gasteiger partial charge in [0.1, 0.15) is 10.6 Å². The van der Waals surface area contributed by atoms with Crippen LogP contribution in [0.2, 0.25) is 0 Å². The van der Waals surface area contributed by atoms with Crippen molar-refractivity contribution in [2.75, 3.05) is 6.61 Å². The highest BCUT2D eigenvalue weighted by Gasteiger charge is 2.46. The standard InChI is InChI=1S/C11H16N2O5S/c1-6-8(10(15)16)12-7(2)9(6)19(17,18)13-11(5-14)3-4-11/h12-14H,3-5H2,1-2H3,(H,15,16). The summed E-state index contributed by atoms with van der Waals surface area (Å²) in [4.78, 5) is 13.5. The number of aromatic carboxylic acids is 1. The van der Waals surface area contributed by atoms with Crippen LogP contribution in [0.15, 0.2) is 4.90 Å². The molecule has 1 aliphatic rings. The Morgan fingerprint density at radius 3 is 2.37 bits per heavy atom. The number of nitrogens with one attached hydrogen (secondary N) is 2. The molecule has 1 aromatic heterocycles. The van der Waals surface area contributed by atoms with Gasteiger partial charge in [-0.1, -0.05) is 0 Å². The molecule has 4 N–H and O–H groups in total. The number of aromatic nitrogens is 1. The molecule has 0 bridgehead atoms. The molecule has 0 amide bonds. The molecule has 1 aliphatic carbocycles. The number of aliphatic hydroxyl groups is 1. The number of aliphatic hydroxyl groups excluding tert-OH is 1. The zero-order chi connectivity index (χ0) is 14.4. The number of carbonyl (C=O) groups is 1. The Balaban J connectivity index is 2.44. The van der Waals surface area contributed by atoms with Gasteiger partial charge in [0, 0.05) is 11.3 Å². The lowest BCUT2D eigenvalue weighted by atomic mass is 10.2. The number of hydrogen-bond donors (Lipinski definition) is 4. The Hall–Kier alpha value is -1.38. The van der Waals surface area contributed by atoms with Crippen LogP contribution in [-0.4, -0.2) is 41.7 Å². The summed E-state index contributed by atoms with van der Waals surface area (Å²) in [6.45, 7) is 2.69. The fraction of sp³-hybridized carbons (Fsp3) is 0.545. The minimum atomic E-state index is -3.85. The maximum Gasteiger partial charge on any atom is 0.352 e. The van der Waals surface area contributed by atoms with Crippen LogP contribution < -0.4 is 4.72 Å². The first-order chi connectivity index (χ1) is 8.72. The average Bonchev–Trinajstić information content (AvgIpc) is 2.97. The van der Waals surface area contributed by atoms with Crippen molar-refractivity contribution in [3.05, 3.63) is 17.0 Å². The van der Waals surface area contributed by atoms with Crippen molar-refractivity contribution in [3.8, 4) is 0 Å². The smallest absolute Gasteiger partial charge is 0.352 e. The van der Waals surface area contributed by atoms with Gasteiger partial charge in [0.05, 0.1) is 12.1 Å². The van der Waals surface area contributed by atoms with Gasteiger partial charge in [0.15, 0.2) is 0 Å². The van der Waals surface area contributed by atoms with E-state index in [0.29, 0.717) is 12.8 Å². The molecule has 7 nitrogen and oxygen atoms in total. The zero-order valence-corrected chi connectivity index (χ0v) is 11.5. The maximum atomic E-state index is 12.3. The summed E-state index contributed by atoms with van der Waals surface area (Å²) in [7, 11) is -3.85. The van der Waals surface area contributed by atoms with E-state index in [0.717, 1.165) is 0 Å². The second-order valence-corrected chi connectivity index (χ2v) is 6.55. The lowest BCUT2D eigenvalue weighted by Gasteiger charge is -2.15. The van der Waals surface area contributed by atoms with Gasteiger partial charge in [-0.25, -0.2) is 17.9 Å². The van der Waals surface area contributed by atoms with E-state index in [2.05, 4.69) is 9.71 Å². The summed E-state index contributed by atoms with van der Waals surface area (Å²) in [5, 5.41) is 18.1. The molecule has 0 radical (unpaired) electrons. The lowest BCUT2D eigenvalue weighted by Crippen LogP contribution is -2.39. The van der Waals surface area contributed by atoms with E-state index in [1.165, 1.54) is 13.8 Å². The van der Waals surface area contributed by atoms with E-state index in [9.17, 15) is 13.2 Å². The SMILES string of the molecule is Cc1[nH]c(C(=O)O)c(C)c1S(=O)(=O)NC1(CO)CC1. The Morgan fingerprint density at radius 1 is 1.42 bits per heavy atom. The van der Waals surface area contributed by atoms with Crippen molar-refractivity contribution < 1.29 is 23.4 Å². The summed E-state index contributed by atoms with van der Waals surface area (Å²) in [6.07, 6.45) is 1.16. The third kappa shape index (κ3) is 2.38. The second kappa shape index (κ2) is 4.32. The topological polar surface area (TPSA) is 119 Å². The average molecular weight is 288 g/mol. The second-order valence-electron chi connectivity index (χ2n) is 4.93. The summed E-state index contributed by atoms with van der Waals surface area (Å²) in [5.41, 5.74) is -0.465.